The summed E-state index contributed by atoms with van der Waals surface area (Å²) in [7, 11) is 1.55. The van der Waals surface area contributed by atoms with E-state index in [-0.39, 0.29) is 11.9 Å². The molecule has 0 aromatic heterocycles. The van der Waals surface area contributed by atoms with Gasteiger partial charge in [-0.1, -0.05) is 17.3 Å². The summed E-state index contributed by atoms with van der Waals surface area (Å²) in [5.74, 6) is 0.280. The first kappa shape index (κ1) is 13.2. The molecule has 0 saturated heterocycles. The highest BCUT2D eigenvalue weighted by Crippen LogP contribution is 2.20. The van der Waals surface area contributed by atoms with Crippen molar-refractivity contribution in [1.82, 2.24) is 5.32 Å². The number of methoxy groups -OCH3 is 1. The van der Waals surface area contributed by atoms with Crippen LogP contribution in [0.3, 0.4) is 0 Å². The summed E-state index contributed by atoms with van der Waals surface area (Å²) in [4.78, 5) is 22.4. The highest BCUT2D eigenvalue weighted by molar-refractivity contribution is 5.83. The fourth-order valence-electron chi connectivity index (χ4n) is 1.41. The van der Waals surface area contributed by atoms with Crippen molar-refractivity contribution in [1.29, 1.82) is 0 Å². The summed E-state index contributed by atoms with van der Waals surface area (Å²) in [5.41, 5.74) is 0.555. The fraction of sp³-hybridized carbons (Fsp3) is 0.417. The molecule has 0 aliphatic rings. The van der Waals surface area contributed by atoms with E-state index in [1.165, 1.54) is 0 Å². The molecule has 0 radical (unpaired) electrons. The molecule has 92 valence electrons. The largest absolute Gasteiger partial charge is 0.497 e. The number of rotatable bonds is 5. The Kier molecular flexibility index (Phi) is 4.63. The molecule has 1 N–H and O–H groups in total. The van der Waals surface area contributed by atoms with E-state index in [0.29, 0.717) is 11.3 Å². The Bertz CT molecular complexity index is 387. The van der Waals surface area contributed by atoms with Crippen LogP contribution >= 0.6 is 0 Å². The molecule has 1 aromatic carbocycles. The summed E-state index contributed by atoms with van der Waals surface area (Å²) in [5, 5.41) is 5.52. The normalized spacial score (nSPS) is 12.0. The van der Waals surface area contributed by atoms with Crippen LogP contribution in [0, 0.1) is 4.91 Å². The Morgan fingerprint density at radius 1 is 1.29 bits per heavy atom. The van der Waals surface area contributed by atoms with Crippen LogP contribution in [0.4, 0.5) is 0 Å². The minimum Gasteiger partial charge on any atom is -0.497 e. The van der Waals surface area contributed by atoms with Crippen LogP contribution in [-0.4, -0.2) is 19.1 Å². The van der Waals surface area contributed by atoms with E-state index in [9.17, 15) is 9.70 Å². The van der Waals surface area contributed by atoms with Crippen molar-refractivity contribution < 1.29 is 9.53 Å². The Balaban J connectivity index is 2.85. The van der Waals surface area contributed by atoms with Crippen LogP contribution in [0.1, 0.15) is 25.5 Å². The second-order valence-electron chi connectivity index (χ2n) is 3.94. The number of ether oxygens (including phenoxy) is 1. The smallest absolute Gasteiger partial charge is 0.253 e. The third kappa shape index (κ3) is 3.55. The summed E-state index contributed by atoms with van der Waals surface area (Å²) in [6.07, 6.45) is 0. The minimum atomic E-state index is -1.01. The van der Waals surface area contributed by atoms with Crippen molar-refractivity contribution in [2.75, 3.05) is 7.11 Å². The second kappa shape index (κ2) is 5.98. The van der Waals surface area contributed by atoms with Gasteiger partial charge in [-0.3, -0.25) is 4.79 Å². The van der Waals surface area contributed by atoms with Gasteiger partial charge in [0, 0.05) is 6.04 Å². The van der Waals surface area contributed by atoms with E-state index in [2.05, 4.69) is 10.5 Å². The lowest BCUT2D eigenvalue weighted by Gasteiger charge is -2.13. The van der Waals surface area contributed by atoms with Gasteiger partial charge in [-0.15, -0.1) is 4.91 Å². The van der Waals surface area contributed by atoms with Crippen molar-refractivity contribution in [3.05, 3.63) is 34.7 Å². The average molecular weight is 236 g/mol. The lowest BCUT2D eigenvalue weighted by molar-refractivity contribution is -0.122. The molecule has 0 saturated carbocycles. The van der Waals surface area contributed by atoms with Crippen LogP contribution in [-0.2, 0) is 4.79 Å². The number of nitrogens with one attached hydrogen (secondary N) is 1. The zero-order chi connectivity index (χ0) is 12.8. The van der Waals surface area contributed by atoms with Gasteiger partial charge in [-0.2, -0.15) is 0 Å². The molecule has 0 aliphatic carbocycles. The molecule has 5 nitrogen and oxygen atoms in total. The van der Waals surface area contributed by atoms with Gasteiger partial charge >= 0.3 is 0 Å². The van der Waals surface area contributed by atoms with Crippen LogP contribution in [0.15, 0.2) is 29.4 Å². The van der Waals surface area contributed by atoms with Gasteiger partial charge in [-0.05, 0) is 31.5 Å². The number of hydrogen-bond donors (Lipinski definition) is 1. The van der Waals surface area contributed by atoms with E-state index in [1.54, 1.807) is 31.4 Å². The van der Waals surface area contributed by atoms with Crippen molar-refractivity contribution in [3.63, 3.8) is 0 Å². The molecule has 1 unspecified atom stereocenters. The lowest BCUT2D eigenvalue weighted by Crippen LogP contribution is -2.33. The summed E-state index contributed by atoms with van der Waals surface area (Å²) >= 11 is 0. The average Bonchev–Trinajstić information content (AvgIpc) is 2.30. The van der Waals surface area contributed by atoms with Crippen molar-refractivity contribution in [2.45, 2.75) is 25.9 Å². The molecule has 0 aliphatic heterocycles. The molecular weight excluding hydrogens is 220 g/mol. The number of hydrogen-bond acceptors (Lipinski definition) is 4. The minimum absolute atomic E-state index is 0.0231. The van der Waals surface area contributed by atoms with Gasteiger partial charge < -0.3 is 10.1 Å². The standard InChI is InChI=1S/C12H16N2O3/c1-8(2)13-12(15)11(14-16)9-4-6-10(17-3)7-5-9/h4-8,11H,1-3H3,(H,13,15). The summed E-state index contributed by atoms with van der Waals surface area (Å²) < 4.78 is 5.00. The zero-order valence-corrected chi connectivity index (χ0v) is 10.1. The highest BCUT2D eigenvalue weighted by Gasteiger charge is 2.21. The second-order valence-corrected chi connectivity index (χ2v) is 3.94. The van der Waals surface area contributed by atoms with Gasteiger partial charge in [-0.25, -0.2) is 0 Å². The third-order valence-electron chi connectivity index (χ3n) is 2.22. The molecule has 0 fully saturated rings. The molecule has 5 heteroatoms. The van der Waals surface area contributed by atoms with Gasteiger partial charge in [0.2, 0.25) is 0 Å². The van der Waals surface area contributed by atoms with E-state index in [1.807, 2.05) is 13.8 Å². The monoisotopic (exact) mass is 236 g/mol. The Morgan fingerprint density at radius 2 is 1.88 bits per heavy atom. The van der Waals surface area contributed by atoms with E-state index in [0.717, 1.165) is 0 Å². The number of carbonyl (C=O) groups is 1. The van der Waals surface area contributed by atoms with E-state index >= 15 is 0 Å². The molecule has 0 heterocycles. The highest BCUT2D eigenvalue weighted by atomic mass is 16.5. The first-order chi connectivity index (χ1) is 8.08. The molecule has 17 heavy (non-hydrogen) atoms. The SMILES string of the molecule is COc1ccc(C(N=O)C(=O)NC(C)C)cc1. The van der Waals surface area contributed by atoms with Crippen LogP contribution in [0.5, 0.6) is 5.75 Å². The van der Waals surface area contributed by atoms with E-state index < -0.39 is 6.04 Å². The van der Waals surface area contributed by atoms with Gasteiger partial charge in [0.25, 0.3) is 5.91 Å². The zero-order valence-electron chi connectivity index (χ0n) is 10.1. The fourth-order valence-corrected chi connectivity index (χ4v) is 1.41. The molecule has 0 bridgehead atoms. The lowest BCUT2D eigenvalue weighted by atomic mass is 10.1. The van der Waals surface area contributed by atoms with Gasteiger partial charge in [0.05, 0.1) is 7.11 Å². The molecule has 1 amide bonds. The van der Waals surface area contributed by atoms with E-state index in [4.69, 9.17) is 4.74 Å². The first-order valence-corrected chi connectivity index (χ1v) is 5.35. The van der Waals surface area contributed by atoms with Crippen molar-refractivity contribution in [3.8, 4) is 5.75 Å². The predicted molar refractivity (Wildman–Crippen MR) is 64.8 cm³/mol. The topological polar surface area (TPSA) is 67.8 Å². The van der Waals surface area contributed by atoms with Crippen LogP contribution < -0.4 is 10.1 Å². The van der Waals surface area contributed by atoms with Gasteiger partial charge in [0.1, 0.15) is 5.75 Å². The van der Waals surface area contributed by atoms with Gasteiger partial charge in [0.15, 0.2) is 6.04 Å². The molecule has 1 atom stereocenters. The predicted octanol–water partition coefficient (Wildman–Crippen LogP) is 2.03. The van der Waals surface area contributed by atoms with Crippen molar-refractivity contribution >= 4 is 5.91 Å². The number of nitroso groups, excluding NO2 is 1. The maximum Gasteiger partial charge on any atom is 0.253 e. The number of benzene rings is 1. The summed E-state index contributed by atoms with van der Waals surface area (Å²) in [6, 6.07) is 5.66. The quantitative estimate of drug-likeness (QED) is 0.795. The molecule has 0 spiro atoms. The molecule has 1 rings (SSSR count). The first-order valence-electron chi connectivity index (χ1n) is 5.35. The molecular formula is C12H16N2O3. The Labute approximate surface area is 100 Å². The molecule has 1 aromatic rings. The van der Waals surface area contributed by atoms with Crippen LogP contribution in [0.25, 0.3) is 0 Å². The Hall–Kier alpha value is -1.91. The van der Waals surface area contributed by atoms with Crippen molar-refractivity contribution in [2.24, 2.45) is 5.18 Å². The number of amides is 1. The Morgan fingerprint density at radius 3 is 2.29 bits per heavy atom. The maximum atomic E-state index is 11.7. The maximum absolute atomic E-state index is 11.7. The number of nitrogens with zero attached hydrogens (tertiary/aromatic N) is 1. The number of carbonyl (C=O) groups excluding carboxylic acids is 1. The van der Waals surface area contributed by atoms with Crippen LogP contribution in [0.2, 0.25) is 0 Å². The summed E-state index contributed by atoms with van der Waals surface area (Å²) in [6.45, 7) is 3.65. The third-order valence-corrected chi connectivity index (χ3v) is 2.22.